The second kappa shape index (κ2) is 16.3. The normalized spacial score (nSPS) is 49.3. The largest absolute Gasteiger partial charge is 0.508 e. The van der Waals surface area contributed by atoms with E-state index in [1.807, 2.05) is 6.07 Å². The van der Waals surface area contributed by atoms with Crippen molar-refractivity contribution < 1.29 is 55.2 Å². The van der Waals surface area contributed by atoms with Gasteiger partial charge in [-0.1, -0.05) is 67.4 Å². The lowest BCUT2D eigenvalue weighted by atomic mass is 9.33. The minimum absolute atomic E-state index is 0.0126. The van der Waals surface area contributed by atoms with Gasteiger partial charge in [-0.25, -0.2) is 0 Å². The van der Waals surface area contributed by atoms with Gasteiger partial charge in [-0.15, -0.1) is 0 Å². The number of carbonyl (C=O) groups excluding carboxylic acids is 2. The molecule has 7 fully saturated rings. The third kappa shape index (κ3) is 6.16. The topological polar surface area (TPSA) is 212 Å². The molecule has 5 saturated carbocycles. The van der Waals surface area contributed by atoms with E-state index in [0.29, 0.717) is 101 Å². The van der Waals surface area contributed by atoms with Gasteiger partial charge in [0.25, 0.3) is 0 Å². The lowest BCUT2D eigenvalue weighted by Gasteiger charge is -2.71. The summed E-state index contributed by atoms with van der Waals surface area (Å²) in [7, 11) is 2.98. The van der Waals surface area contributed by atoms with Crippen molar-refractivity contribution >= 4 is 39.0 Å². The molecule has 14 heteroatoms. The van der Waals surface area contributed by atoms with Gasteiger partial charge in [0.2, 0.25) is 5.91 Å². The molecule has 10 bridgehead atoms. The highest BCUT2D eigenvalue weighted by Crippen LogP contribution is 2.78. The maximum Gasteiger partial charge on any atom is 0.233 e. The zero-order chi connectivity index (χ0) is 47.3. The predicted octanol–water partition coefficient (Wildman–Crippen LogP) is 5.50. The fourth-order valence-corrected chi connectivity index (χ4v) is 21.5. The second-order valence-electron chi connectivity index (χ2n) is 23.7. The summed E-state index contributed by atoms with van der Waals surface area (Å²) in [5, 5.41) is 96.7. The zero-order valence-electron chi connectivity index (χ0n) is 39.4. The van der Waals surface area contributed by atoms with Gasteiger partial charge in [-0.2, -0.15) is 0 Å². The number of fused-ring (bicyclic) bond motifs is 1. The molecule has 0 unspecified atom stereocenters. The Kier molecular flexibility index (Phi) is 11.5. The number of amides is 1. The molecule has 8 N–H and O–H groups in total. The summed E-state index contributed by atoms with van der Waals surface area (Å²) in [6.45, 7) is 5.83. The number of epoxide rings is 1. The summed E-state index contributed by atoms with van der Waals surface area (Å²) >= 11 is 0. The van der Waals surface area contributed by atoms with Crippen LogP contribution in [0.25, 0.3) is 0 Å². The van der Waals surface area contributed by atoms with Gasteiger partial charge in [0.05, 0.1) is 41.9 Å². The van der Waals surface area contributed by atoms with Crippen molar-refractivity contribution in [3.8, 4) is 5.75 Å². The summed E-state index contributed by atoms with van der Waals surface area (Å²) in [5.74, 6) is -1.91. The monoisotopic (exact) mass is 963 g/mol. The Hall–Kier alpha value is -1.98. The number of aliphatic hydroxyl groups is 7. The Labute approximate surface area is 402 Å². The number of phenolic OH excluding ortho intramolecular Hbond substituents is 1. The molecule has 18 atom stereocenters. The quantitative estimate of drug-likeness (QED) is 0.101. The molecule has 3 spiro atoms. The highest BCUT2D eigenvalue weighted by Gasteiger charge is 2.80. The van der Waals surface area contributed by atoms with E-state index in [-0.39, 0.29) is 72.6 Å². The first kappa shape index (κ1) is 47.4. The molecule has 2 saturated heterocycles. The first-order valence-electron chi connectivity index (χ1n) is 25.7. The Balaban J connectivity index is 1.12. The molecular formula is C53H73NO11S2. The van der Waals surface area contributed by atoms with Crippen molar-refractivity contribution in [3.63, 3.8) is 0 Å². The third-order valence-electron chi connectivity index (χ3n) is 21.4. The van der Waals surface area contributed by atoms with Gasteiger partial charge in [0, 0.05) is 53.2 Å². The number of allylic oxidation sites excluding steroid dienone is 2. The van der Waals surface area contributed by atoms with Crippen molar-refractivity contribution in [1.82, 2.24) is 0 Å². The van der Waals surface area contributed by atoms with Crippen LogP contribution in [0.2, 0.25) is 0 Å². The zero-order valence-corrected chi connectivity index (χ0v) is 41.0. The number of anilines is 1. The molecule has 12 aliphatic rings. The Morgan fingerprint density at radius 3 is 2.46 bits per heavy atom. The van der Waals surface area contributed by atoms with E-state index in [1.54, 1.807) is 23.1 Å². The van der Waals surface area contributed by atoms with Crippen LogP contribution in [0, 0.1) is 69.0 Å². The number of hydrogen-bond donors (Lipinski definition) is 8. The Bertz CT molecular complexity index is 2240. The van der Waals surface area contributed by atoms with Gasteiger partial charge in [0.15, 0.2) is 5.78 Å². The van der Waals surface area contributed by atoms with Crippen LogP contribution < -0.4 is 4.90 Å². The minimum atomic E-state index is -1.88. The molecule has 5 heterocycles. The third-order valence-corrected chi connectivity index (χ3v) is 24.3. The number of aromatic hydroxyl groups is 1. The van der Waals surface area contributed by atoms with Gasteiger partial charge < -0.3 is 50.5 Å². The van der Waals surface area contributed by atoms with Gasteiger partial charge >= 0.3 is 0 Å². The highest BCUT2D eigenvalue weighted by atomic mass is 33.1. The molecule has 368 valence electrons. The fraction of sp³-hybridized carbons (Fsp3) is 0.774. The number of aliphatic hydroxyl groups excluding tert-OH is 4. The van der Waals surface area contributed by atoms with Crippen LogP contribution in [-0.4, -0.2) is 125 Å². The summed E-state index contributed by atoms with van der Waals surface area (Å²) in [4.78, 5) is 33.0. The van der Waals surface area contributed by atoms with Crippen LogP contribution in [-0.2, 0) is 20.7 Å². The number of aryl methyl sites for hydroxylation is 1. The van der Waals surface area contributed by atoms with E-state index in [4.69, 9.17) is 4.74 Å². The van der Waals surface area contributed by atoms with Crippen LogP contribution in [0.4, 0.5) is 5.69 Å². The number of rotatable bonds is 6. The molecule has 67 heavy (non-hydrogen) atoms. The second-order valence-corrected chi connectivity index (χ2v) is 26.3. The first-order chi connectivity index (χ1) is 32.0. The van der Waals surface area contributed by atoms with Crippen molar-refractivity contribution in [2.75, 3.05) is 37.0 Å². The number of carbonyl (C=O) groups is 2. The van der Waals surface area contributed by atoms with E-state index >= 15 is 9.59 Å². The number of ether oxygens (including phenoxy) is 1. The predicted molar refractivity (Wildman–Crippen MR) is 256 cm³/mol. The molecule has 1 aromatic rings. The smallest absolute Gasteiger partial charge is 0.233 e. The van der Waals surface area contributed by atoms with Gasteiger partial charge in [-0.3, -0.25) is 9.59 Å². The van der Waals surface area contributed by atoms with Crippen molar-refractivity contribution in [3.05, 3.63) is 47.6 Å². The number of benzene rings is 1. The number of nitrogens with zero attached hydrogens (tertiary/aromatic N) is 1. The van der Waals surface area contributed by atoms with E-state index in [0.717, 1.165) is 12.0 Å². The molecule has 1 aromatic carbocycles. The molecule has 13 rings (SSSR count). The lowest BCUT2D eigenvalue weighted by molar-refractivity contribution is -0.262. The summed E-state index contributed by atoms with van der Waals surface area (Å²) < 4.78 is 6.52. The SMILES string of the molecule is CC(C)[C@@H](C)[C@@H]1O[C@H]1[C@@]1(O)CC=C[C@@H]2C[C@H]3C4=CC(=O)[C@]5(CSS[C@@H](CO)[C@@H]6CCC[C@@H](CO)[C@@]67CCN(C7=O)c6cc(O)cc(c6)CC[C@]26[C@@H]1CC[C@@]46O)[C@H]1CCC[C@@]35C[C@@](O)(CO)[C@@H]1O. The molecule has 0 radical (unpaired) electrons. The van der Waals surface area contributed by atoms with E-state index in [2.05, 4.69) is 32.9 Å². The van der Waals surface area contributed by atoms with Crippen LogP contribution in [0.1, 0.15) is 110 Å². The number of hydrogen-bond acceptors (Lipinski definition) is 13. The van der Waals surface area contributed by atoms with E-state index in [1.165, 1.54) is 21.6 Å². The standard InChI is InChI=1S/C53H73NO11S2/c1-29(2)30(3)43-45(65-43)52(63)14-5-8-32-21-38-39-23-42(59)51(37-10-6-13-47(38,51)26-48(62,27-57)44(37)60)28-66-67-40(25-56)36-9-4-7-33(24-55)49(36)17-18-54(46(49)61)34-19-31(20-35(58)22-34)11-15-50(32)41(52)12-16-53(39,50)64/h5,8,19-20,22-23,29-30,32-33,36-38,40-41,43-45,55-58,60,62-64H,4,6-7,9-18,21,24-28H2,1-3H3/t30-,32-,33+,36+,37+,38+,40+,41+,43+,44-,45-,47-,48-,49+,50-,51+,52-,53-/m1/s1. The average molecular weight is 964 g/mol. The molecule has 1 amide bonds. The summed E-state index contributed by atoms with van der Waals surface area (Å²) in [5.41, 5.74) is -6.87. The average Bonchev–Trinajstić information content (AvgIpc) is 3.99. The van der Waals surface area contributed by atoms with Crippen LogP contribution in [0.5, 0.6) is 5.75 Å². The minimum Gasteiger partial charge on any atom is -0.508 e. The van der Waals surface area contributed by atoms with Crippen molar-refractivity contribution in [2.24, 2.45) is 69.0 Å². The molecule has 7 aliphatic carbocycles. The Morgan fingerprint density at radius 1 is 0.925 bits per heavy atom. The van der Waals surface area contributed by atoms with Crippen molar-refractivity contribution in [2.45, 2.75) is 151 Å². The highest BCUT2D eigenvalue weighted by molar-refractivity contribution is 8.77. The van der Waals surface area contributed by atoms with Crippen molar-refractivity contribution in [1.29, 1.82) is 0 Å². The van der Waals surface area contributed by atoms with E-state index < -0.39 is 80.3 Å². The fourth-order valence-electron chi connectivity index (χ4n) is 18.0. The molecule has 5 aliphatic heterocycles. The van der Waals surface area contributed by atoms with Gasteiger partial charge in [-0.05, 0) is 147 Å². The molecule has 12 nitrogen and oxygen atoms in total. The summed E-state index contributed by atoms with van der Waals surface area (Å²) in [6.07, 6.45) is 10.9. The first-order valence-corrected chi connectivity index (χ1v) is 28.0. The van der Waals surface area contributed by atoms with Crippen LogP contribution >= 0.6 is 21.6 Å². The Morgan fingerprint density at radius 2 is 1.72 bits per heavy atom. The summed E-state index contributed by atoms with van der Waals surface area (Å²) in [6, 6.07) is 5.33. The maximum atomic E-state index is 15.9. The van der Waals surface area contributed by atoms with E-state index in [9.17, 15) is 40.9 Å². The van der Waals surface area contributed by atoms with Crippen LogP contribution in [0.3, 0.4) is 0 Å². The lowest BCUT2D eigenvalue weighted by Crippen LogP contribution is -2.75. The number of phenols is 1. The van der Waals surface area contributed by atoms with Crippen LogP contribution in [0.15, 0.2) is 42.0 Å². The maximum absolute atomic E-state index is 15.9. The molecular weight excluding hydrogens is 891 g/mol. The van der Waals surface area contributed by atoms with Gasteiger partial charge in [0.1, 0.15) is 23.1 Å². The number of ketones is 1. The molecule has 0 aromatic heterocycles.